The molecule has 0 amide bonds. The lowest BCUT2D eigenvalue weighted by Gasteiger charge is -2.22. The van der Waals surface area contributed by atoms with Crippen LogP contribution in [0.2, 0.25) is 0 Å². The van der Waals surface area contributed by atoms with Crippen molar-refractivity contribution in [3.63, 3.8) is 0 Å². The van der Waals surface area contributed by atoms with E-state index in [-0.39, 0.29) is 6.16 Å². The summed E-state index contributed by atoms with van der Waals surface area (Å²) in [4.78, 5) is 9.17. The van der Waals surface area contributed by atoms with E-state index in [9.17, 15) is 4.57 Å². The zero-order valence-electron chi connectivity index (χ0n) is 9.45. The fourth-order valence-electron chi connectivity index (χ4n) is 1.98. The van der Waals surface area contributed by atoms with Crippen molar-refractivity contribution >= 4 is 7.60 Å². The number of rotatable bonds is 6. The number of hydrogen-bond acceptors (Lipinski definition) is 3. The van der Waals surface area contributed by atoms with Crippen molar-refractivity contribution in [3.05, 3.63) is 0 Å². The van der Waals surface area contributed by atoms with Crippen LogP contribution < -0.4 is 5.32 Å². The Morgan fingerprint density at radius 1 is 1.40 bits per heavy atom. The molecule has 1 unspecified atom stereocenters. The highest BCUT2D eigenvalue weighted by Crippen LogP contribution is 2.40. The predicted molar refractivity (Wildman–Crippen MR) is 61.2 cm³/mol. The lowest BCUT2D eigenvalue weighted by atomic mass is 9.95. The molecule has 5 heteroatoms. The van der Waals surface area contributed by atoms with Crippen LogP contribution in [0, 0.1) is 0 Å². The molecular weight excluding hydrogens is 213 g/mol. The van der Waals surface area contributed by atoms with Crippen LogP contribution in [0.15, 0.2) is 0 Å². The lowest BCUT2D eigenvalue weighted by molar-refractivity contribution is 0.313. The second-order valence-electron chi connectivity index (χ2n) is 4.19. The van der Waals surface area contributed by atoms with Crippen LogP contribution in [0.1, 0.15) is 38.5 Å². The van der Waals surface area contributed by atoms with E-state index in [0.29, 0.717) is 12.5 Å². The Labute approximate surface area is 91.9 Å². The summed E-state index contributed by atoms with van der Waals surface area (Å²) in [6, 6.07) is 0.624. The maximum Gasteiger partial charge on any atom is 0.327 e. The van der Waals surface area contributed by atoms with Crippen LogP contribution in [0.5, 0.6) is 0 Å². The van der Waals surface area contributed by atoms with Crippen LogP contribution in [0.25, 0.3) is 0 Å². The first-order valence-corrected chi connectivity index (χ1v) is 7.51. The van der Waals surface area contributed by atoms with Gasteiger partial charge >= 0.3 is 7.60 Å². The lowest BCUT2D eigenvalue weighted by Crippen LogP contribution is -2.32. The molecule has 1 rings (SSSR count). The van der Waals surface area contributed by atoms with Crippen molar-refractivity contribution in [2.24, 2.45) is 0 Å². The zero-order valence-corrected chi connectivity index (χ0v) is 10.3. The predicted octanol–water partition coefficient (Wildman–Crippen LogP) is 2.13. The van der Waals surface area contributed by atoms with Gasteiger partial charge in [0.05, 0.1) is 6.16 Å². The minimum atomic E-state index is -3.28. The molecule has 0 aliphatic heterocycles. The average Bonchev–Trinajstić information content (AvgIpc) is 2.26. The van der Waals surface area contributed by atoms with E-state index < -0.39 is 7.60 Å². The topological polar surface area (TPSA) is 58.6 Å². The summed E-state index contributed by atoms with van der Waals surface area (Å²) >= 11 is 0. The maximum atomic E-state index is 11.1. The molecular formula is C10H22NO3P. The highest BCUT2D eigenvalue weighted by atomic mass is 31.2. The van der Waals surface area contributed by atoms with Crippen LogP contribution in [-0.2, 0) is 9.09 Å². The van der Waals surface area contributed by atoms with Gasteiger partial charge in [-0.15, -0.1) is 0 Å². The molecule has 0 aromatic heterocycles. The molecule has 1 aliphatic rings. The Morgan fingerprint density at radius 3 is 2.67 bits per heavy atom. The molecule has 1 atom stereocenters. The first kappa shape index (κ1) is 13.2. The van der Waals surface area contributed by atoms with Gasteiger partial charge in [-0.25, -0.2) is 0 Å². The summed E-state index contributed by atoms with van der Waals surface area (Å²) < 4.78 is 15.7. The second-order valence-corrected chi connectivity index (χ2v) is 6.27. The highest BCUT2D eigenvalue weighted by molar-refractivity contribution is 7.52. The molecule has 15 heavy (non-hydrogen) atoms. The third-order valence-corrected chi connectivity index (χ3v) is 4.39. The molecule has 0 saturated heterocycles. The van der Waals surface area contributed by atoms with Crippen molar-refractivity contribution < 1.29 is 14.0 Å². The van der Waals surface area contributed by atoms with Crippen LogP contribution >= 0.6 is 7.60 Å². The van der Waals surface area contributed by atoms with E-state index >= 15 is 0 Å². The summed E-state index contributed by atoms with van der Waals surface area (Å²) in [5.74, 6) is 0. The van der Waals surface area contributed by atoms with Gasteiger partial charge in [-0.1, -0.05) is 19.3 Å². The molecule has 4 nitrogen and oxygen atoms in total. The molecule has 90 valence electrons. The Balaban J connectivity index is 2.03. The largest absolute Gasteiger partial charge is 0.327 e. The van der Waals surface area contributed by atoms with E-state index in [1.54, 1.807) is 0 Å². The van der Waals surface area contributed by atoms with Crippen molar-refractivity contribution in [1.82, 2.24) is 5.32 Å². The van der Waals surface area contributed by atoms with E-state index in [0.717, 1.165) is 6.54 Å². The van der Waals surface area contributed by atoms with Gasteiger partial charge in [0, 0.05) is 13.2 Å². The van der Waals surface area contributed by atoms with Gasteiger partial charge in [-0.3, -0.25) is 4.57 Å². The molecule has 0 bridgehead atoms. The molecule has 0 aromatic carbocycles. The quantitative estimate of drug-likeness (QED) is 0.547. The SMILES string of the molecule is COP(=O)(O)CCCNC1CCCCC1. The minimum Gasteiger partial charge on any atom is -0.324 e. The third-order valence-electron chi connectivity index (χ3n) is 2.94. The van der Waals surface area contributed by atoms with Gasteiger partial charge in [0.2, 0.25) is 0 Å². The highest BCUT2D eigenvalue weighted by Gasteiger charge is 2.17. The second kappa shape index (κ2) is 6.64. The average molecular weight is 235 g/mol. The summed E-state index contributed by atoms with van der Waals surface area (Å²) in [6.07, 6.45) is 7.44. The number of nitrogens with one attached hydrogen (secondary N) is 1. The Bertz CT molecular complexity index is 217. The summed E-state index contributed by atoms with van der Waals surface area (Å²) in [5, 5.41) is 3.43. The van der Waals surface area contributed by atoms with E-state index in [1.165, 1.54) is 39.2 Å². The van der Waals surface area contributed by atoms with Crippen molar-refractivity contribution in [2.75, 3.05) is 19.8 Å². The van der Waals surface area contributed by atoms with Crippen LogP contribution in [0.4, 0.5) is 0 Å². The van der Waals surface area contributed by atoms with E-state index in [2.05, 4.69) is 9.84 Å². The van der Waals surface area contributed by atoms with Gasteiger partial charge < -0.3 is 14.7 Å². The van der Waals surface area contributed by atoms with Crippen LogP contribution in [-0.4, -0.2) is 30.8 Å². The first-order chi connectivity index (χ1) is 7.14. The zero-order chi connectivity index (χ0) is 11.1. The molecule has 1 fully saturated rings. The molecule has 2 N–H and O–H groups in total. The van der Waals surface area contributed by atoms with Gasteiger partial charge in [0.15, 0.2) is 0 Å². The fourth-order valence-corrected chi connectivity index (χ4v) is 2.72. The molecule has 0 radical (unpaired) electrons. The number of hydrogen-bond donors (Lipinski definition) is 2. The van der Waals surface area contributed by atoms with Crippen LogP contribution in [0.3, 0.4) is 0 Å². The Hall–Kier alpha value is 0.110. The van der Waals surface area contributed by atoms with Gasteiger partial charge in [-0.2, -0.15) is 0 Å². The third kappa shape index (κ3) is 5.67. The smallest absolute Gasteiger partial charge is 0.324 e. The first-order valence-electron chi connectivity index (χ1n) is 5.75. The molecule has 0 heterocycles. The molecule has 1 saturated carbocycles. The van der Waals surface area contributed by atoms with E-state index in [4.69, 9.17) is 4.89 Å². The monoisotopic (exact) mass is 235 g/mol. The van der Waals surface area contributed by atoms with E-state index in [1.807, 2.05) is 0 Å². The summed E-state index contributed by atoms with van der Waals surface area (Å²) in [6.45, 7) is 0.818. The van der Waals surface area contributed by atoms with Crippen molar-refractivity contribution in [3.8, 4) is 0 Å². The Morgan fingerprint density at radius 2 is 2.07 bits per heavy atom. The summed E-state index contributed by atoms with van der Waals surface area (Å²) in [7, 11) is -2.00. The van der Waals surface area contributed by atoms with Gasteiger partial charge in [-0.05, 0) is 25.8 Å². The van der Waals surface area contributed by atoms with Crippen molar-refractivity contribution in [2.45, 2.75) is 44.6 Å². The Kier molecular flexibility index (Phi) is 5.83. The maximum absolute atomic E-state index is 11.1. The molecule has 1 aliphatic carbocycles. The summed E-state index contributed by atoms with van der Waals surface area (Å²) in [5.41, 5.74) is 0. The normalized spacial score (nSPS) is 22.5. The van der Waals surface area contributed by atoms with Gasteiger partial charge in [0.1, 0.15) is 0 Å². The molecule has 0 aromatic rings. The standard InChI is InChI=1S/C10H22NO3P/c1-14-15(12,13)9-5-8-11-10-6-3-2-4-7-10/h10-11H,2-9H2,1H3,(H,12,13). The van der Waals surface area contributed by atoms with Gasteiger partial charge in [0.25, 0.3) is 0 Å². The molecule has 0 spiro atoms. The fraction of sp³-hybridized carbons (Fsp3) is 1.00. The minimum absolute atomic E-state index is 0.253. The van der Waals surface area contributed by atoms with Crippen molar-refractivity contribution in [1.29, 1.82) is 0 Å².